The van der Waals surface area contributed by atoms with Crippen molar-refractivity contribution in [1.82, 2.24) is 4.90 Å². The van der Waals surface area contributed by atoms with Crippen LogP contribution in [0.3, 0.4) is 0 Å². The maximum atomic E-state index is 13.1. The molecule has 0 heterocycles. The molecule has 2 aromatic carbocycles. The molecule has 0 atom stereocenters. The number of aromatic hydroxyl groups is 1. The van der Waals surface area contributed by atoms with Crippen LogP contribution in [0.15, 0.2) is 42.5 Å². The Bertz CT molecular complexity index is 693. The molecule has 0 unspecified atom stereocenters. The van der Waals surface area contributed by atoms with Gasteiger partial charge in [-0.05, 0) is 36.2 Å². The van der Waals surface area contributed by atoms with E-state index in [0.29, 0.717) is 18.0 Å². The zero-order chi connectivity index (χ0) is 16.8. The zero-order valence-electron chi connectivity index (χ0n) is 12.4. The first-order valence-corrected chi connectivity index (χ1v) is 7.52. The minimum absolute atomic E-state index is 0.0198. The first kappa shape index (κ1) is 17.2. The summed E-state index contributed by atoms with van der Waals surface area (Å²) in [6.45, 7) is 0.517. The SMILES string of the molecule is O=C(c1ccc(F)cc1O)N(CCCO)Cc1cccc(Cl)c1. The van der Waals surface area contributed by atoms with Gasteiger partial charge in [-0.2, -0.15) is 0 Å². The molecule has 2 aromatic rings. The number of hydrogen-bond donors (Lipinski definition) is 2. The molecule has 122 valence electrons. The largest absolute Gasteiger partial charge is 0.507 e. The molecule has 0 spiro atoms. The molecular weight excluding hydrogens is 321 g/mol. The minimum atomic E-state index is -0.615. The molecule has 0 aromatic heterocycles. The van der Waals surface area contributed by atoms with Crippen LogP contribution in [-0.4, -0.2) is 34.2 Å². The van der Waals surface area contributed by atoms with E-state index in [1.807, 2.05) is 6.07 Å². The number of halogens is 2. The molecular formula is C17H17ClFNO3. The summed E-state index contributed by atoms with van der Waals surface area (Å²) in [4.78, 5) is 14.1. The molecule has 0 aliphatic heterocycles. The van der Waals surface area contributed by atoms with E-state index in [1.54, 1.807) is 18.2 Å². The number of hydrogen-bond acceptors (Lipinski definition) is 3. The zero-order valence-corrected chi connectivity index (χ0v) is 13.1. The monoisotopic (exact) mass is 337 g/mol. The lowest BCUT2D eigenvalue weighted by Crippen LogP contribution is -2.32. The van der Waals surface area contributed by atoms with Gasteiger partial charge < -0.3 is 15.1 Å². The van der Waals surface area contributed by atoms with Crippen LogP contribution < -0.4 is 0 Å². The van der Waals surface area contributed by atoms with E-state index < -0.39 is 17.5 Å². The summed E-state index contributed by atoms with van der Waals surface area (Å²) < 4.78 is 13.1. The van der Waals surface area contributed by atoms with Crippen molar-refractivity contribution in [2.45, 2.75) is 13.0 Å². The third-order valence-corrected chi connectivity index (χ3v) is 3.56. The molecule has 4 nitrogen and oxygen atoms in total. The Morgan fingerprint density at radius 3 is 2.65 bits per heavy atom. The van der Waals surface area contributed by atoms with Gasteiger partial charge in [-0.15, -0.1) is 0 Å². The lowest BCUT2D eigenvalue weighted by Gasteiger charge is -2.23. The molecule has 0 saturated heterocycles. The second-order valence-electron chi connectivity index (χ2n) is 5.10. The summed E-state index contributed by atoms with van der Waals surface area (Å²) in [6.07, 6.45) is 0.397. The van der Waals surface area contributed by atoms with Crippen molar-refractivity contribution >= 4 is 17.5 Å². The van der Waals surface area contributed by atoms with E-state index >= 15 is 0 Å². The Morgan fingerprint density at radius 2 is 2.00 bits per heavy atom. The van der Waals surface area contributed by atoms with Crippen molar-refractivity contribution in [3.05, 3.63) is 64.4 Å². The van der Waals surface area contributed by atoms with Gasteiger partial charge in [-0.25, -0.2) is 4.39 Å². The van der Waals surface area contributed by atoms with E-state index in [9.17, 15) is 14.3 Å². The van der Waals surface area contributed by atoms with Crippen LogP contribution in [0.4, 0.5) is 4.39 Å². The van der Waals surface area contributed by atoms with E-state index in [0.717, 1.165) is 17.7 Å². The van der Waals surface area contributed by atoms with Crippen molar-refractivity contribution in [3.8, 4) is 5.75 Å². The molecule has 6 heteroatoms. The number of benzene rings is 2. The summed E-state index contributed by atoms with van der Waals surface area (Å²) in [7, 11) is 0. The minimum Gasteiger partial charge on any atom is -0.507 e. The number of aliphatic hydroxyl groups excluding tert-OH is 1. The number of rotatable bonds is 6. The van der Waals surface area contributed by atoms with Crippen LogP contribution >= 0.6 is 11.6 Å². The maximum Gasteiger partial charge on any atom is 0.257 e. The maximum absolute atomic E-state index is 13.1. The average Bonchev–Trinajstić information content (AvgIpc) is 2.51. The Labute approximate surface area is 138 Å². The molecule has 0 radical (unpaired) electrons. The number of carbonyl (C=O) groups excluding carboxylic acids is 1. The Kier molecular flexibility index (Phi) is 5.96. The van der Waals surface area contributed by atoms with Gasteiger partial charge >= 0.3 is 0 Å². The Balaban J connectivity index is 2.24. The summed E-state index contributed by atoms with van der Waals surface area (Å²) >= 11 is 5.95. The van der Waals surface area contributed by atoms with Crippen molar-refractivity contribution in [2.75, 3.05) is 13.2 Å². The third kappa shape index (κ3) is 4.68. The Hall–Kier alpha value is -2.11. The summed E-state index contributed by atoms with van der Waals surface area (Å²) in [5.41, 5.74) is 0.844. The highest BCUT2D eigenvalue weighted by atomic mass is 35.5. The second-order valence-corrected chi connectivity index (χ2v) is 5.53. The fourth-order valence-corrected chi connectivity index (χ4v) is 2.44. The van der Waals surface area contributed by atoms with Gasteiger partial charge in [0, 0.05) is 30.8 Å². The van der Waals surface area contributed by atoms with Crippen molar-refractivity contribution < 1.29 is 19.4 Å². The number of carbonyl (C=O) groups is 1. The summed E-state index contributed by atoms with van der Waals surface area (Å²) in [6, 6.07) is 10.4. The third-order valence-electron chi connectivity index (χ3n) is 3.33. The quantitative estimate of drug-likeness (QED) is 0.851. The van der Waals surface area contributed by atoms with E-state index in [-0.39, 0.29) is 18.7 Å². The van der Waals surface area contributed by atoms with Gasteiger partial charge in [0.15, 0.2) is 0 Å². The van der Waals surface area contributed by atoms with Gasteiger partial charge in [-0.3, -0.25) is 4.79 Å². The number of aliphatic hydroxyl groups is 1. The first-order chi connectivity index (χ1) is 11.0. The van der Waals surface area contributed by atoms with Crippen LogP contribution in [0.1, 0.15) is 22.3 Å². The van der Waals surface area contributed by atoms with E-state index in [1.165, 1.54) is 11.0 Å². The van der Waals surface area contributed by atoms with Crippen molar-refractivity contribution in [2.24, 2.45) is 0 Å². The van der Waals surface area contributed by atoms with Crippen LogP contribution in [0.25, 0.3) is 0 Å². The Morgan fingerprint density at radius 1 is 1.22 bits per heavy atom. The average molecular weight is 338 g/mol. The first-order valence-electron chi connectivity index (χ1n) is 7.14. The smallest absolute Gasteiger partial charge is 0.257 e. The van der Waals surface area contributed by atoms with Gasteiger partial charge in [0.2, 0.25) is 0 Å². The second kappa shape index (κ2) is 7.94. The molecule has 0 aliphatic rings. The molecule has 2 rings (SSSR count). The topological polar surface area (TPSA) is 60.8 Å². The van der Waals surface area contributed by atoms with E-state index in [2.05, 4.69) is 0 Å². The number of amides is 1. The highest BCUT2D eigenvalue weighted by molar-refractivity contribution is 6.30. The molecule has 0 saturated carbocycles. The van der Waals surface area contributed by atoms with Crippen LogP contribution in [0.5, 0.6) is 5.75 Å². The fourth-order valence-electron chi connectivity index (χ4n) is 2.23. The number of phenols is 1. The van der Waals surface area contributed by atoms with Crippen molar-refractivity contribution in [3.63, 3.8) is 0 Å². The molecule has 0 bridgehead atoms. The molecule has 2 N–H and O–H groups in total. The highest BCUT2D eigenvalue weighted by Crippen LogP contribution is 2.21. The summed E-state index contributed by atoms with van der Waals surface area (Å²) in [5, 5.41) is 19.4. The van der Waals surface area contributed by atoms with Crippen LogP contribution in [-0.2, 0) is 6.54 Å². The lowest BCUT2D eigenvalue weighted by molar-refractivity contribution is 0.0729. The van der Waals surface area contributed by atoms with Gasteiger partial charge in [-0.1, -0.05) is 23.7 Å². The predicted molar refractivity (Wildman–Crippen MR) is 86.0 cm³/mol. The molecule has 0 fully saturated rings. The number of phenolic OH excluding ortho intramolecular Hbond substituents is 1. The molecule has 0 aliphatic carbocycles. The van der Waals surface area contributed by atoms with Gasteiger partial charge in [0.05, 0.1) is 5.56 Å². The van der Waals surface area contributed by atoms with Crippen molar-refractivity contribution in [1.29, 1.82) is 0 Å². The van der Waals surface area contributed by atoms with E-state index in [4.69, 9.17) is 16.7 Å². The van der Waals surface area contributed by atoms with Gasteiger partial charge in [0.25, 0.3) is 5.91 Å². The standard InChI is InChI=1S/C17H17ClFNO3/c18-13-4-1-3-12(9-13)11-20(7-2-8-21)17(23)15-6-5-14(19)10-16(15)22/h1,3-6,9-10,21-22H,2,7-8,11H2. The number of nitrogens with zero attached hydrogens (tertiary/aromatic N) is 1. The normalized spacial score (nSPS) is 10.6. The highest BCUT2D eigenvalue weighted by Gasteiger charge is 2.19. The van der Waals surface area contributed by atoms with Crippen LogP contribution in [0, 0.1) is 5.82 Å². The fraction of sp³-hybridized carbons (Fsp3) is 0.235. The van der Waals surface area contributed by atoms with Gasteiger partial charge in [0.1, 0.15) is 11.6 Å². The predicted octanol–water partition coefficient (Wildman–Crippen LogP) is 3.21. The lowest BCUT2D eigenvalue weighted by atomic mass is 10.1. The summed E-state index contributed by atoms with van der Waals surface area (Å²) in [5.74, 6) is -1.46. The molecule has 23 heavy (non-hydrogen) atoms. The molecule has 1 amide bonds. The van der Waals surface area contributed by atoms with Crippen LogP contribution in [0.2, 0.25) is 5.02 Å².